The van der Waals surface area contributed by atoms with Gasteiger partial charge < -0.3 is 10.1 Å². The number of esters is 1. The number of hydrogen-bond donors (Lipinski definition) is 1. The van der Waals surface area contributed by atoms with Gasteiger partial charge in [0.25, 0.3) is 0 Å². The van der Waals surface area contributed by atoms with E-state index in [2.05, 4.69) is 5.32 Å². The zero-order chi connectivity index (χ0) is 8.48. The van der Waals surface area contributed by atoms with E-state index in [0.29, 0.717) is 0 Å². The standard InChI is InChI=1S/C8H14NO2/c1-8(2,3)11-7(10)6-4-5-9-6/h4,6,9H,5H2,1-3H3. The zero-order valence-electron chi connectivity index (χ0n) is 7.18. The lowest BCUT2D eigenvalue weighted by molar-refractivity contribution is -0.157. The highest BCUT2D eigenvalue weighted by Gasteiger charge is 2.29. The Balaban J connectivity index is 2.31. The minimum atomic E-state index is -0.373. The van der Waals surface area contributed by atoms with Gasteiger partial charge in [-0.3, -0.25) is 4.79 Å². The number of hydrogen-bond acceptors (Lipinski definition) is 3. The maximum Gasteiger partial charge on any atom is 0.324 e. The lowest BCUT2D eigenvalue weighted by atomic mass is 10.1. The van der Waals surface area contributed by atoms with Gasteiger partial charge in [0.15, 0.2) is 0 Å². The fraction of sp³-hybridized carbons (Fsp3) is 0.750. The third-order valence-electron chi connectivity index (χ3n) is 1.35. The van der Waals surface area contributed by atoms with E-state index in [-0.39, 0.29) is 17.6 Å². The molecular weight excluding hydrogens is 142 g/mol. The van der Waals surface area contributed by atoms with Crippen LogP contribution in [-0.2, 0) is 9.53 Å². The van der Waals surface area contributed by atoms with Crippen molar-refractivity contribution in [3.8, 4) is 0 Å². The molecule has 3 heteroatoms. The smallest absolute Gasteiger partial charge is 0.324 e. The molecule has 0 aromatic heterocycles. The average molecular weight is 156 g/mol. The monoisotopic (exact) mass is 156 g/mol. The van der Waals surface area contributed by atoms with E-state index in [1.54, 1.807) is 0 Å². The van der Waals surface area contributed by atoms with Gasteiger partial charge in [-0.2, -0.15) is 0 Å². The highest BCUT2D eigenvalue weighted by atomic mass is 16.6. The normalized spacial score (nSPS) is 24.1. The molecule has 0 aromatic rings. The molecule has 1 N–H and O–H groups in total. The number of nitrogens with one attached hydrogen (secondary N) is 1. The molecule has 1 rings (SSSR count). The van der Waals surface area contributed by atoms with Crippen LogP contribution in [0.5, 0.6) is 0 Å². The van der Waals surface area contributed by atoms with Crippen molar-refractivity contribution in [3.05, 3.63) is 6.42 Å². The maximum atomic E-state index is 11.1. The molecular formula is C8H14NO2. The number of rotatable bonds is 1. The van der Waals surface area contributed by atoms with E-state index in [9.17, 15) is 4.79 Å². The first-order valence-electron chi connectivity index (χ1n) is 3.78. The van der Waals surface area contributed by atoms with E-state index < -0.39 is 0 Å². The zero-order valence-corrected chi connectivity index (χ0v) is 7.18. The molecule has 1 unspecified atom stereocenters. The SMILES string of the molecule is CC(C)(C)OC(=O)C1[CH]CN1. The van der Waals surface area contributed by atoms with Gasteiger partial charge in [0, 0.05) is 13.0 Å². The largest absolute Gasteiger partial charge is 0.459 e. The minimum absolute atomic E-state index is 0.172. The molecule has 0 saturated carbocycles. The molecule has 1 heterocycles. The summed E-state index contributed by atoms with van der Waals surface area (Å²) in [4.78, 5) is 11.1. The molecule has 0 aliphatic carbocycles. The van der Waals surface area contributed by atoms with E-state index in [0.717, 1.165) is 6.54 Å². The molecule has 1 fully saturated rings. The van der Waals surface area contributed by atoms with Crippen molar-refractivity contribution in [3.63, 3.8) is 0 Å². The van der Waals surface area contributed by atoms with Crippen molar-refractivity contribution in [2.24, 2.45) is 0 Å². The van der Waals surface area contributed by atoms with Crippen LogP contribution < -0.4 is 5.32 Å². The summed E-state index contributed by atoms with van der Waals surface area (Å²) in [6.07, 6.45) is 1.90. The van der Waals surface area contributed by atoms with Gasteiger partial charge in [0.05, 0.1) is 0 Å². The van der Waals surface area contributed by atoms with Gasteiger partial charge in [-0.1, -0.05) is 0 Å². The van der Waals surface area contributed by atoms with Crippen molar-refractivity contribution in [1.29, 1.82) is 0 Å². The van der Waals surface area contributed by atoms with Crippen LogP contribution in [0.25, 0.3) is 0 Å². The fourth-order valence-electron chi connectivity index (χ4n) is 0.781. The minimum Gasteiger partial charge on any atom is -0.459 e. The van der Waals surface area contributed by atoms with Crippen molar-refractivity contribution in [2.75, 3.05) is 6.54 Å². The van der Waals surface area contributed by atoms with Crippen LogP contribution in [0.3, 0.4) is 0 Å². The molecule has 0 spiro atoms. The van der Waals surface area contributed by atoms with Crippen LogP contribution >= 0.6 is 0 Å². The quantitative estimate of drug-likeness (QED) is 0.562. The van der Waals surface area contributed by atoms with Crippen molar-refractivity contribution >= 4 is 5.97 Å². The van der Waals surface area contributed by atoms with Gasteiger partial charge in [-0.05, 0) is 20.8 Å². The first kappa shape index (κ1) is 8.53. The molecule has 3 nitrogen and oxygen atoms in total. The highest BCUT2D eigenvalue weighted by Crippen LogP contribution is 2.11. The molecule has 1 aliphatic rings. The van der Waals surface area contributed by atoms with E-state index in [1.165, 1.54) is 0 Å². The van der Waals surface area contributed by atoms with Crippen LogP contribution in [-0.4, -0.2) is 24.2 Å². The summed E-state index contributed by atoms with van der Waals surface area (Å²) in [7, 11) is 0. The summed E-state index contributed by atoms with van der Waals surface area (Å²) in [6.45, 7) is 6.40. The summed E-state index contributed by atoms with van der Waals surface area (Å²) in [6, 6.07) is -0.172. The van der Waals surface area contributed by atoms with E-state index in [4.69, 9.17) is 4.74 Å². The van der Waals surface area contributed by atoms with Gasteiger partial charge in [-0.15, -0.1) is 0 Å². The van der Waals surface area contributed by atoms with Gasteiger partial charge >= 0.3 is 5.97 Å². The molecule has 11 heavy (non-hydrogen) atoms. The van der Waals surface area contributed by atoms with Crippen molar-refractivity contribution in [2.45, 2.75) is 32.4 Å². The Labute approximate surface area is 67.1 Å². The van der Waals surface area contributed by atoms with E-state index >= 15 is 0 Å². The molecule has 0 aromatic carbocycles. The Morgan fingerprint density at radius 2 is 2.18 bits per heavy atom. The number of carbonyl (C=O) groups is 1. The molecule has 1 aliphatic heterocycles. The Morgan fingerprint density at radius 1 is 1.64 bits per heavy atom. The highest BCUT2D eigenvalue weighted by molar-refractivity contribution is 5.79. The molecule has 63 valence electrons. The molecule has 1 saturated heterocycles. The van der Waals surface area contributed by atoms with Crippen molar-refractivity contribution < 1.29 is 9.53 Å². The Bertz CT molecular complexity index is 156. The van der Waals surface area contributed by atoms with Gasteiger partial charge in [0.2, 0.25) is 0 Å². The number of ether oxygens (including phenoxy) is 1. The number of carbonyl (C=O) groups excluding carboxylic acids is 1. The summed E-state index contributed by atoms with van der Waals surface area (Å²) >= 11 is 0. The second-order valence-corrected chi connectivity index (χ2v) is 3.66. The Morgan fingerprint density at radius 3 is 2.45 bits per heavy atom. The molecule has 1 atom stereocenters. The second kappa shape index (κ2) is 2.81. The van der Waals surface area contributed by atoms with Crippen LogP contribution in [0.2, 0.25) is 0 Å². The predicted octanol–water partition coefficient (Wildman–Crippen LogP) is 0.504. The summed E-state index contributed by atoms with van der Waals surface area (Å²) in [5.74, 6) is -0.177. The Kier molecular flexibility index (Phi) is 2.18. The lowest BCUT2D eigenvalue weighted by Gasteiger charge is -2.29. The van der Waals surface area contributed by atoms with Gasteiger partial charge in [0.1, 0.15) is 11.6 Å². The topological polar surface area (TPSA) is 38.3 Å². The first-order chi connectivity index (χ1) is 4.99. The second-order valence-electron chi connectivity index (χ2n) is 3.66. The first-order valence-corrected chi connectivity index (χ1v) is 3.78. The van der Waals surface area contributed by atoms with Crippen LogP contribution in [0.4, 0.5) is 0 Å². The van der Waals surface area contributed by atoms with E-state index in [1.807, 2.05) is 27.2 Å². The van der Waals surface area contributed by atoms with Gasteiger partial charge in [-0.25, -0.2) is 0 Å². The summed E-state index contributed by atoms with van der Waals surface area (Å²) < 4.78 is 5.11. The van der Waals surface area contributed by atoms with Crippen molar-refractivity contribution in [1.82, 2.24) is 5.32 Å². The predicted molar refractivity (Wildman–Crippen MR) is 41.9 cm³/mol. The average Bonchev–Trinajstić information content (AvgIpc) is 1.50. The third-order valence-corrected chi connectivity index (χ3v) is 1.35. The fourth-order valence-corrected chi connectivity index (χ4v) is 0.781. The molecule has 0 amide bonds. The third kappa shape index (κ3) is 2.50. The molecule has 1 radical (unpaired) electrons. The van der Waals surface area contributed by atoms with Crippen LogP contribution in [0.15, 0.2) is 0 Å². The summed E-state index contributed by atoms with van der Waals surface area (Å²) in [5, 5.41) is 2.94. The maximum absolute atomic E-state index is 11.1. The molecule has 0 bridgehead atoms. The summed E-state index contributed by atoms with van der Waals surface area (Å²) in [5.41, 5.74) is -0.373. The van der Waals surface area contributed by atoms with Crippen LogP contribution in [0.1, 0.15) is 20.8 Å². The Hall–Kier alpha value is -0.570. The van der Waals surface area contributed by atoms with Crippen LogP contribution in [0, 0.1) is 6.42 Å². The lowest BCUT2D eigenvalue weighted by Crippen LogP contribution is -2.51.